The summed E-state index contributed by atoms with van der Waals surface area (Å²) in [6.45, 7) is 1.23. The van der Waals surface area contributed by atoms with Crippen LogP contribution >= 0.6 is 0 Å². The molecule has 1 aromatic carbocycles. The van der Waals surface area contributed by atoms with Gasteiger partial charge in [0.15, 0.2) is 0 Å². The van der Waals surface area contributed by atoms with Crippen LogP contribution in [0.4, 0.5) is 13.2 Å². The highest BCUT2D eigenvalue weighted by molar-refractivity contribution is 5.21. The van der Waals surface area contributed by atoms with Crippen LogP contribution in [0, 0.1) is 0 Å². The van der Waals surface area contributed by atoms with Crippen molar-refractivity contribution in [3.05, 3.63) is 35.9 Å². The molecule has 2 atom stereocenters. The van der Waals surface area contributed by atoms with E-state index in [-0.39, 0.29) is 12.5 Å². The standard InChI is InChI=1S/C12H14F3N/c1-11(12(13,14)15)8-7-10(16-11)9-5-3-2-4-6-9/h2-6,10,16H,7-8H2,1H3. The van der Waals surface area contributed by atoms with Crippen molar-refractivity contribution >= 4 is 0 Å². The fourth-order valence-electron chi connectivity index (χ4n) is 2.12. The molecule has 1 fully saturated rings. The molecule has 0 radical (unpaired) electrons. The molecule has 4 heteroatoms. The number of hydrogen-bond acceptors (Lipinski definition) is 1. The normalized spacial score (nSPS) is 30.6. The van der Waals surface area contributed by atoms with Crippen LogP contribution in [0.3, 0.4) is 0 Å². The smallest absolute Gasteiger partial charge is 0.297 e. The molecule has 16 heavy (non-hydrogen) atoms. The predicted octanol–water partition coefficient (Wildman–Crippen LogP) is 3.43. The SMILES string of the molecule is CC1(C(F)(F)F)CCC(c2ccccc2)N1. The molecule has 0 saturated carbocycles. The van der Waals surface area contributed by atoms with Gasteiger partial charge in [-0.15, -0.1) is 0 Å². The molecule has 1 heterocycles. The van der Waals surface area contributed by atoms with E-state index >= 15 is 0 Å². The Balaban J connectivity index is 2.15. The van der Waals surface area contributed by atoms with Gasteiger partial charge in [0.25, 0.3) is 0 Å². The molecule has 88 valence electrons. The summed E-state index contributed by atoms with van der Waals surface area (Å²) in [7, 11) is 0. The molecule has 1 nitrogen and oxygen atoms in total. The topological polar surface area (TPSA) is 12.0 Å². The van der Waals surface area contributed by atoms with Crippen molar-refractivity contribution in [2.24, 2.45) is 0 Å². The summed E-state index contributed by atoms with van der Waals surface area (Å²) in [6, 6.07) is 9.09. The number of halogens is 3. The van der Waals surface area contributed by atoms with Crippen molar-refractivity contribution in [1.29, 1.82) is 0 Å². The van der Waals surface area contributed by atoms with Crippen LogP contribution in [0.25, 0.3) is 0 Å². The van der Waals surface area contributed by atoms with Gasteiger partial charge >= 0.3 is 6.18 Å². The Labute approximate surface area is 92.7 Å². The Kier molecular flexibility index (Phi) is 2.70. The van der Waals surface area contributed by atoms with E-state index in [9.17, 15) is 13.2 Å². The highest BCUT2D eigenvalue weighted by Gasteiger charge is 2.54. The Morgan fingerprint density at radius 1 is 1.25 bits per heavy atom. The molecule has 2 rings (SSSR count). The summed E-state index contributed by atoms with van der Waals surface area (Å²) in [5, 5.41) is 2.70. The molecule has 1 aliphatic rings. The highest BCUT2D eigenvalue weighted by Crippen LogP contribution is 2.42. The lowest BCUT2D eigenvalue weighted by atomic mass is 9.99. The lowest BCUT2D eigenvalue weighted by Gasteiger charge is -2.28. The monoisotopic (exact) mass is 229 g/mol. The summed E-state index contributed by atoms with van der Waals surface area (Å²) in [5.74, 6) is 0. The maximum Gasteiger partial charge on any atom is 0.406 e. The Morgan fingerprint density at radius 3 is 2.38 bits per heavy atom. The molecule has 2 unspecified atom stereocenters. The Morgan fingerprint density at radius 2 is 1.88 bits per heavy atom. The molecule has 1 aromatic rings. The van der Waals surface area contributed by atoms with Gasteiger partial charge in [-0.25, -0.2) is 0 Å². The lowest BCUT2D eigenvalue weighted by Crippen LogP contribution is -2.50. The molecule has 0 bridgehead atoms. The second-order valence-corrected chi connectivity index (χ2v) is 4.48. The summed E-state index contributed by atoms with van der Waals surface area (Å²) < 4.78 is 38.3. The van der Waals surface area contributed by atoms with E-state index in [1.54, 1.807) is 0 Å². The average molecular weight is 229 g/mol. The second kappa shape index (κ2) is 3.77. The predicted molar refractivity (Wildman–Crippen MR) is 56.0 cm³/mol. The van der Waals surface area contributed by atoms with Crippen LogP contribution in [-0.2, 0) is 0 Å². The van der Waals surface area contributed by atoms with Crippen LogP contribution in [0.1, 0.15) is 31.4 Å². The van der Waals surface area contributed by atoms with Crippen LogP contribution in [0.15, 0.2) is 30.3 Å². The van der Waals surface area contributed by atoms with Crippen LogP contribution in [-0.4, -0.2) is 11.7 Å². The second-order valence-electron chi connectivity index (χ2n) is 4.48. The van der Waals surface area contributed by atoms with Crippen molar-refractivity contribution in [2.75, 3.05) is 0 Å². The van der Waals surface area contributed by atoms with Crippen molar-refractivity contribution in [1.82, 2.24) is 5.32 Å². The zero-order chi connectivity index (χ0) is 11.8. The minimum atomic E-state index is -4.18. The Hall–Kier alpha value is -1.03. The molecular formula is C12H14F3N. The molecule has 1 aliphatic heterocycles. The van der Waals surface area contributed by atoms with Gasteiger partial charge < -0.3 is 0 Å². The number of alkyl halides is 3. The Bertz CT molecular complexity index is 360. The van der Waals surface area contributed by atoms with Crippen molar-refractivity contribution in [3.63, 3.8) is 0 Å². The molecule has 0 amide bonds. The van der Waals surface area contributed by atoms with E-state index in [2.05, 4.69) is 5.32 Å². The van der Waals surface area contributed by atoms with Gasteiger partial charge in [0, 0.05) is 6.04 Å². The van der Waals surface area contributed by atoms with Gasteiger partial charge in [0.2, 0.25) is 0 Å². The third-order valence-corrected chi connectivity index (χ3v) is 3.25. The van der Waals surface area contributed by atoms with Crippen LogP contribution in [0.2, 0.25) is 0 Å². The molecule has 1 N–H and O–H groups in total. The quantitative estimate of drug-likeness (QED) is 0.777. The maximum absolute atomic E-state index is 12.8. The first-order chi connectivity index (χ1) is 7.42. The molecule has 0 aromatic heterocycles. The maximum atomic E-state index is 12.8. The van der Waals surface area contributed by atoms with Crippen molar-refractivity contribution in [2.45, 2.75) is 37.5 Å². The van der Waals surface area contributed by atoms with Gasteiger partial charge in [-0.2, -0.15) is 13.2 Å². The first kappa shape index (κ1) is 11.5. The van der Waals surface area contributed by atoms with Gasteiger partial charge in [-0.05, 0) is 25.3 Å². The average Bonchev–Trinajstić information content (AvgIpc) is 2.63. The minimum Gasteiger partial charge on any atom is -0.297 e. The van der Waals surface area contributed by atoms with Crippen molar-refractivity contribution in [3.8, 4) is 0 Å². The van der Waals surface area contributed by atoms with E-state index in [0.29, 0.717) is 6.42 Å². The first-order valence-corrected chi connectivity index (χ1v) is 5.32. The molecular weight excluding hydrogens is 215 g/mol. The largest absolute Gasteiger partial charge is 0.406 e. The minimum absolute atomic E-state index is 0.135. The van der Waals surface area contributed by atoms with Gasteiger partial charge in [-0.1, -0.05) is 30.3 Å². The number of benzene rings is 1. The van der Waals surface area contributed by atoms with E-state index in [4.69, 9.17) is 0 Å². The van der Waals surface area contributed by atoms with Gasteiger partial charge in [0.05, 0.1) is 0 Å². The van der Waals surface area contributed by atoms with Crippen LogP contribution < -0.4 is 5.32 Å². The summed E-state index contributed by atoms with van der Waals surface area (Å²) in [5.41, 5.74) is -0.816. The zero-order valence-electron chi connectivity index (χ0n) is 9.01. The molecule has 1 saturated heterocycles. The van der Waals surface area contributed by atoms with E-state index in [1.165, 1.54) is 6.92 Å². The third kappa shape index (κ3) is 1.94. The summed E-state index contributed by atoms with van der Waals surface area (Å²) in [4.78, 5) is 0. The van der Waals surface area contributed by atoms with Crippen molar-refractivity contribution < 1.29 is 13.2 Å². The fourth-order valence-corrected chi connectivity index (χ4v) is 2.12. The molecule has 0 aliphatic carbocycles. The zero-order valence-corrected chi connectivity index (χ0v) is 9.01. The molecule has 0 spiro atoms. The number of nitrogens with one attached hydrogen (secondary N) is 1. The third-order valence-electron chi connectivity index (χ3n) is 3.25. The van der Waals surface area contributed by atoms with Gasteiger partial charge in [-0.3, -0.25) is 5.32 Å². The summed E-state index contributed by atoms with van der Waals surface area (Å²) in [6.07, 6.45) is -3.52. The van der Waals surface area contributed by atoms with Crippen LogP contribution in [0.5, 0.6) is 0 Å². The first-order valence-electron chi connectivity index (χ1n) is 5.32. The number of rotatable bonds is 1. The fraction of sp³-hybridized carbons (Fsp3) is 0.500. The van der Waals surface area contributed by atoms with E-state index < -0.39 is 11.7 Å². The number of hydrogen-bond donors (Lipinski definition) is 1. The highest BCUT2D eigenvalue weighted by atomic mass is 19.4. The van der Waals surface area contributed by atoms with E-state index in [1.807, 2.05) is 30.3 Å². The van der Waals surface area contributed by atoms with Gasteiger partial charge in [0.1, 0.15) is 5.54 Å². The van der Waals surface area contributed by atoms with E-state index in [0.717, 1.165) is 5.56 Å². The summed E-state index contributed by atoms with van der Waals surface area (Å²) >= 11 is 0. The lowest BCUT2D eigenvalue weighted by molar-refractivity contribution is -0.187.